The number of benzene rings is 4. The number of imide groups is 2. The molecule has 52 heavy (non-hydrogen) atoms. The van der Waals surface area contributed by atoms with Crippen molar-refractivity contribution in [2.75, 3.05) is 0 Å². The molecule has 4 aromatic carbocycles. The predicted octanol–water partition coefficient (Wildman–Crippen LogP) is 9.61. The molecular weight excluding hydrogens is 652 g/mol. The van der Waals surface area contributed by atoms with E-state index in [1.54, 1.807) is 36.4 Å². The Bertz CT molecular complexity index is 2040. The molecule has 1 N–H and O–H groups in total. The van der Waals surface area contributed by atoms with Crippen LogP contribution in [0.15, 0.2) is 84.9 Å². The topological polar surface area (TPSA) is 102 Å². The number of ether oxygens (including phenoxy) is 2. The molecule has 8 heteroatoms. The Morgan fingerprint density at radius 2 is 1.04 bits per heavy atom. The van der Waals surface area contributed by atoms with Gasteiger partial charge >= 0.3 is 0 Å². The number of fused-ring (bicyclic) bond motifs is 2. The van der Waals surface area contributed by atoms with E-state index in [-0.39, 0.29) is 23.3 Å². The minimum Gasteiger partial charge on any atom is -0.457 e. The van der Waals surface area contributed by atoms with E-state index in [1.807, 2.05) is 48.5 Å². The van der Waals surface area contributed by atoms with Gasteiger partial charge in [-0.1, -0.05) is 70.2 Å². The molecule has 0 spiro atoms. The molecule has 0 atom stereocenters. The van der Waals surface area contributed by atoms with Gasteiger partial charge < -0.3 is 9.47 Å². The highest BCUT2D eigenvalue weighted by molar-refractivity contribution is 6.22. The first kappa shape index (κ1) is 33.9. The van der Waals surface area contributed by atoms with E-state index in [4.69, 9.17) is 9.47 Å². The fraction of sp³-hybridized carbons (Fsp3) is 0.364. The van der Waals surface area contributed by atoms with Crippen molar-refractivity contribution >= 4 is 23.6 Å². The average Bonchev–Trinajstić information content (AvgIpc) is 3.58. The van der Waals surface area contributed by atoms with Crippen molar-refractivity contribution in [1.29, 1.82) is 0 Å². The fourth-order valence-corrected chi connectivity index (χ4v) is 8.70. The van der Waals surface area contributed by atoms with Crippen molar-refractivity contribution in [2.45, 2.75) is 89.5 Å². The molecule has 0 aromatic heterocycles. The third kappa shape index (κ3) is 6.51. The molecule has 8 nitrogen and oxygen atoms in total. The molecule has 4 amide bonds. The van der Waals surface area contributed by atoms with Crippen LogP contribution in [-0.2, 0) is 5.41 Å². The molecule has 0 bridgehead atoms. The normalized spacial score (nSPS) is 20.5. The fourth-order valence-electron chi connectivity index (χ4n) is 8.70. The molecule has 2 aliphatic heterocycles. The van der Waals surface area contributed by atoms with Gasteiger partial charge in [-0.15, -0.1) is 0 Å². The highest BCUT2D eigenvalue weighted by Crippen LogP contribution is 2.40. The van der Waals surface area contributed by atoms with Crippen molar-refractivity contribution in [3.63, 3.8) is 0 Å². The Morgan fingerprint density at radius 3 is 1.63 bits per heavy atom. The van der Waals surface area contributed by atoms with Gasteiger partial charge in [-0.2, -0.15) is 0 Å². The van der Waals surface area contributed by atoms with Crippen LogP contribution in [0, 0.1) is 11.8 Å². The maximum atomic E-state index is 13.6. The number of hydrogen-bond acceptors (Lipinski definition) is 6. The van der Waals surface area contributed by atoms with E-state index in [1.165, 1.54) is 43.4 Å². The summed E-state index contributed by atoms with van der Waals surface area (Å²) in [5, 5.41) is 2.30. The maximum Gasteiger partial charge on any atom is 0.261 e. The van der Waals surface area contributed by atoms with Crippen molar-refractivity contribution in [3.05, 3.63) is 118 Å². The predicted molar refractivity (Wildman–Crippen MR) is 197 cm³/mol. The Labute approximate surface area is 304 Å². The first-order valence-corrected chi connectivity index (χ1v) is 18.7. The Kier molecular flexibility index (Phi) is 8.94. The highest BCUT2D eigenvalue weighted by Gasteiger charge is 2.41. The third-order valence-corrected chi connectivity index (χ3v) is 11.8. The minimum atomic E-state index is -0.420. The molecule has 266 valence electrons. The number of nitrogens with one attached hydrogen (secondary N) is 1. The zero-order valence-corrected chi connectivity index (χ0v) is 29.8. The standard InChI is InChI=1S/C44H44N2O6/c1-44(2,29-10-16-32(17-11-29)51-34-20-22-36-38(25-34)41(48)45-40(36)47)30-12-18-33(19-13-30)52-35-21-23-37-39(26-35)43(50)46(42(37)49)31-14-8-28(9-15-31)24-27-6-4-3-5-7-27/h10-13,16-23,25-28,31H,3-9,14-15,24H2,1-2H3,(H,45,47,48). The number of nitrogens with zero attached hydrogens (tertiary/aromatic N) is 1. The zero-order valence-electron chi connectivity index (χ0n) is 29.8. The second kappa shape index (κ2) is 13.7. The lowest BCUT2D eigenvalue weighted by Crippen LogP contribution is -2.42. The second-order valence-corrected chi connectivity index (χ2v) is 15.5. The van der Waals surface area contributed by atoms with E-state index < -0.39 is 11.8 Å². The summed E-state index contributed by atoms with van der Waals surface area (Å²) in [6, 6.07) is 25.7. The molecule has 2 heterocycles. The smallest absolute Gasteiger partial charge is 0.261 e. The molecule has 4 aliphatic rings. The largest absolute Gasteiger partial charge is 0.457 e. The van der Waals surface area contributed by atoms with Gasteiger partial charge in [0.1, 0.15) is 23.0 Å². The summed E-state index contributed by atoms with van der Waals surface area (Å²) in [5.41, 5.74) is 3.38. The number of carbonyl (C=O) groups excluding carboxylic acids is 4. The Hall–Kier alpha value is -5.24. The lowest BCUT2D eigenvalue weighted by Gasteiger charge is -2.35. The van der Waals surface area contributed by atoms with Gasteiger partial charge in [-0.05, 0) is 116 Å². The van der Waals surface area contributed by atoms with Crippen LogP contribution >= 0.6 is 0 Å². The lowest BCUT2D eigenvalue weighted by molar-refractivity contribution is 0.0521. The van der Waals surface area contributed by atoms with E-state index in [0.29, 0.717) is 45.3 Å². The van der Waals surface area contributed by atoms with Crippen LogP contribution in [0.3, 0.4) is 0 Å². The van der Waals surface area contributed by atoms with Gasteiger partial charge in [0.25, 0.3) is 23.6 Å². The summed E-state index contributed by atoms with van der Waals surface area (Å²) in [7, 11) is 0. The van der Waals surface area contributed by atoms with Gasteiger partial charge in [-0.3, -0.25) is 29.4 Å². The summed E-state index contributed by atoms with van der Waals surface area (Å²) in [5.74, 6) is 2.64. The molecule has 0 radical (unpaired) electrons. The summed E-state index contributed by atoms with van der Waals surface area (Å²) in [6.45, 7) is 4.29. The number of amides is 4. The number of rotatable bonds is 9. The average molecular weight is 697 g/mol. The van der Waals surface area contributed by atoms with Gasteiger partial charge in [0.05, 0.1) is 22.3 Å². The zero-order chi connectivity index (χ0) is 36.0. The Balaban J connectivity index is 0.886. The lowest BCUT2D eigenvalue weighted by atomic mass is 9.76. The summed E-state index contributed by atoms with van der Waals surface area (Å²) in [6.07, 6.45) is 12.1. The van der Waals surface area contributed by atoms with Gasteiger partial charge in [0.2, 0.25) is 0 Å². The molecule has 0 saturated heterocycles. The van der Waals surface area contributed by atoms with Crippen molar-refractivity contribution < 1.29 is 28.7 Å². The summed E-state index contributed by atoms with van der Waals surface area (Å²) >= 11 is 0. The van der Waals surface area contributed by atoms with Crippen LogP contribution in [0.25, 0.3) is 0 Å². The molecule has 4 aromatic rings. The molecule has 8 rings (SSSR count). The molecule has 2 aliphatic carbocycles. The summed E-state index contributed by atoms with van der Waals surface area (Å²) in [4.78, 5) is 52.4. The van der Waals surface area contributed by atoms with E-state index >= 15 is 0 Å². The summed E-state index contributed by atoms with van der Waals surface area (Å²) < 4.78 is 12.2. The second-order valence-electron chi connectivity index (χ2n) is 15.5. The van der Waals surface area contributed by atoms with Crippen molar-refractivity contribution in [1.82, 2.24) is 10.2 Å². The Morgan fingerprint density at radius 1 is 0.558 bits per heavy atom. The molecule has 2 saturated carbocycles. The number of carbonyl (C=O) groups is 4. The van der Waals surface area contributed by atoms with Crippen LogP contribution in [0.4, 0.5) is 0 Å². The van der Waals surface area contributed by atoms with Crippen LogP contribution in [0.2, 0.25) is 0 Å². The van der Waals surface area contributed by atoms with E-state index in [9.17, 15) is 19.2 Å². The molecule has 0 unspecified atom stereocenters. The highest BCUT2D eigenvalue weighted by atomic mass is 16.5. The van der Waals surface area contributed by atoms with Crippen molar-refractivity contribution in [3.8, 4) is 23.0 Å². The SMILES string of the molecule is CC(C)(c1ccc(Oc2ccc3c(c2)C(=O)NC3=O)cc1)c1ccc(Oc2ccc3c(c2)C(=O)N(C2CCC(CC4CCCCC4)CC2)C3=O)cc1. The minimum absolute atomic E-state index is 0.0267. The van der Waals surface area contributed by atoms with Crippen LogP contribution in [-0.4, -0.2) is 34.6 Å². The third-order valence-electron chi connectivity index (χ3n) is 11.8. The van der Waals surface area contributed by atoms with Crippen LogP contribution in [0.5, 0.6) is 23.0 Å². The van der Waals surface area contributed by atoms with Crippen LogP contribution in [0.1, 0.15) is 131 Å². The monoisotopic (exact) mass is 696 g/mol. The molecule has 2 fully saturated rings. The number of hydrogen-bond donors (Lipinski definition) is 1. The van der Waals surface area contributed by atoms with Gasteiger partial charge in [-0.25, -0.2) is 0 Å². The quantitative estimate of drug-likeness (QED) is 0.175. The first-order valence-electron chi connectivity index (χ1n) is 18.7. The van der Waals surface area contributed by atoms with E-state index in [2.05, 4.69) is 19.2 Å². The van der Waals surface area contributed by atoms with Crippen molar-refractivity contribution in [2.24, 2.45) is 11.8 Å². The first-order chi connectivity index (χ1) is 25.1. The maximum absolute atomic E-state index is 13.6. The van der Waals surface area contributed by atoms with Gasteiger partial charge in [0.15, 0.2) is 0 Å². The molecular formula is C44H44N2O6. The van der Waals surface area contributed by atoms with Crippen LogP contribution < -0.4 is 14.8 Å². The van der Waals surface area contributed by atoms with E-state index in [0.717, 1.165) is 48.6 Å². The van der Waals surface area contributed by atoms with Gasteiger partial charge in [0, 0.05) is 11.5 Å².